The highest BCUT2D eigenvalue weighted by Crippen LogP contribution is 2.19. The zero-order chi connectivity index (χ0) is 14.8. The van der Waals surface area contributed by atoms with Gasteiger partial charge < -0.3 is 14.2 Å². The molecular weight excluding hydrogens is 260 g/mol. The number of para-hydroxylation sites is 1. The molecule has 5 heteroatoms. The first-order chi connectivity index (χ1) is 9.69. The lowest BCUT2D eigenvalue weighted by Crippen LogP contribution is -2.10. The van der Waals surface area contributed by atoms with Gasteiger partial charge in [0, 0.05) is 6.42 Å². The molecule has 5 nitrogen and oxygen atoms in total. The third kappa shape index (κ3) is 5.30. The van der Waals surface area contributed by atoms with E-state index in [0.29, 0.717) is 44.0 Å². The van der Waals surface area contributed by atoms with Gasteiger partial charge in [-0.2, -0.15) is 0 Å². The summed E-state index contributed by atoms with van der Waals surface area (Å²) in [5.41, 5.74) is 0.394. The van der Waals surface area contributed by atoms with Crippen LogP contribution in [-0.2, 0) is 14.3 Å². The molecule has 0 saturated carbocycles. The Morgan fingerprint density at radius 2 is 1.75 bits per heavy atom. The Bertz CT molecular complexity index is 442. The average Bonchev–Trinajstić information content (AvgIpc) is 2.44. The molecule has 0 aliphatic carbocycles. The van der Waals surface area contributed by atoms with Crippen LogP contribution < -0.4 is 4.74 Å². The van der Waals surface area contributed by atoms with Crippen LogP contribution in [0.4, 0.5) is 0 Å². The van der Waals surface area contributed by atoms with E-state index in [9.17, 15) is 9.59 Å². The van der Waals surface area contributed by atoms with E-state index >= 15 is 0 Å². The van der Waals surface area contributed by atoms with Gasteiger partial charge in [-0.25, -0.2) is 4.79 Å². The SMILES string of the molecule is CCOC(=O)CCCOc1ccccc1C(=O)OCC. The topological polar surface area (TPSA) is 61.8 Å². The van der Waals surface area contributed by atoms with Crippen LogP contribution in [0.3, 0.4) is 0 Å². The molecule has 1 rings (SSSR count). The number of carbonyl (C=O) groups excluding carboxylic acids is 2. The molecule has 0 bridgehead atoms. The fourth-order valence-electron chi connectivity index (χ4n) is 1.60. The third-order valence-electron chi connectivity index (χ3n) is 2.47. The minimum Gasteiger partial charge on any atom is -0.493 e. The second kappa shape index (κ2) is 8.96. The molecule has 0 saturated heterocycles. The number of esters is 2. The molecule has 110 valence electrons. The van der Waals surface area contributed by atoms with Crippen molar-refractivity contribution in [2.75, 3.05) is 19.8 Å². The van der Waals surface area contributed by atoms with E-state index in [1.807, 2.05) is 0 Å². The van der Waals surface area contributed by atoms with Crippen molar-refractivity contribution in [3.8, 4) is 5.75 Å². The Balaban J connectivity index is 2.47. The molecule has 0 atom stereocenters. The van der Waals surface area contributed by atoms with Crippen molar-refractivity contribution in [2.24, 2.45) is 0 Å². The minimum atomic E-state index is -0.409. The Labute approximate surface area is 118 Å². The molecule has 0 aromatic heterocycles. The van der Waals surface area contributed by atoms with Crippen LogP contribution in [-0.4, -0.2) is 31.8 Å². The van der Waals surface area contributed by atoms with Gasteiger partial charge in [0.05, 0.1) is 19.8 Å². The van der Waals surface area contributed by atoms with Gasteiger partial charge in [0.25, 0.3) is 0 Å². The summed E-state index contributed by atoms with van der Waals surface area (Å²) in [5, 5.41) is 0. The third-order valence-corrected chi connectivity index (χ3v) is 2.47. The van der Waals surface area contributed by atoms with E-state index in [1.165, 1.54) is 0 Å². The fraction of sp³-hybridized carbons (Fsp3) is 0.467. The highest BCUT2D eigenvalue weighted by Gasteiger charge is 2.12. The zero-order valence-corrected chi connectivity index (χ0v) is 11.9. The Kier molecular flexibility index (Phi) is 7.17. The summed E-state index contributed by atoms with van der Waals surface area (Å²) >= 11 is 0. The molecule has 1 aromatic carbocycles. The van der Waals surface area contributed by atoms with Crippen LogP contribution in [0, 0.1) is 0 Å². The van der Waals surface area contributed by atoms with Crippen LogP contribution in [0.15, 0.2) is 24.3 Å². The predicted octanol–water partition coefficient (Wildman–Crippen LogP) is 2.59. The monoisotopic (exact) mass is 280 g/mol. The van der Waals surface area contributed by atoms with Gasteiger partial charge in [-0.15, -0.1) is 0 Å². The quantitative estimate of drug-likeness (QED) is 0.541. The first kappa shape index (κ1) is 16.0. The van der Waals surface area contributed by atoms with Crippen molar-refractivity contribution >= 4 is 11.9 Å². The Morgan fingerprint density at radius 1 is 1.05 bits per heavy atom. The summed E-state index contributed by atoms with van der Waals surface area (Å²) in [6, 6.07) is 6.89. The van der Waals surface area contributed by atoms with E-state index in [4.69, 9.17) is 14.2 Å². The maximum atomic E-state index is 11.7. The van der Waals surface area contributed by atoms with Gasteiger partial charge in [0.2, 0.25) is 0 Å². The summed E-state index contributed by atoms with van der Waals surface area (Å²) in [5.74, 6) is -0.182. The molecule has 20 heavy (non-hydrogen) atoms. The molecule has 1 aromatic rings. The molecule has 0 radical (unpaired) electrons. The number of hydrogen-bond acceptors (Lipinski definition) is 5. The lowest BCUT2D eigenvalue weighted by Gasteiger charge is -2.10. The van der Waals surface area contributed by atoms with Crippen LogP contribution in [0.25, 0.3) is 0 Å². The smallest absolute Gasteiger partial charge is 0.341 e. The molecule has 0 heterocycles. The molecule has 0 spiro atoms. The van der Waals surface area contributed by atoms with Crippen molar-refractivity contribution in [3.63, 3.8) is 0 Å². The lowest BCUT2D eigenvalue weighted by molar-refractivity contribution is -0.143. The Morgan fingerprint density at radius 3 is 2.45 bits per heavy atom. The van der Waals surface area contributed by atoms with Crippen molar-refractivity contribution < 1.29 is 23.8 Å². The van der Waals surface area contributed by atoms with Gasteiger partial charge in [-0.3, -0.25) is 4.79 Å². The van der Waals surface area contributed by atoms with Crippen LogP contribution >= 0.6 is 0 Å². The van der Waals surface area contributed by atoms with Gasteiger partial charge in [-0.1, -0.05) is 12.1 Å². The molecule has 0 aliphatic rings. The highest BCUT2D eigenvalue weighted by atomic mass is 16.5. The van der Waals surface area contributed by atoms with E-state index in [0.717, 1.165) is 0 Å². The fourth-order valence-corrected chi connectivity index (χ4v) is 1.60. The van der Waals surface area contributed by atoms with Crippen molar-refractivity contribution in [1.82, 2.24) is 0 Å². The number of carbonyl (C=O) groups is 2. The predicted molar refractivity (Wildman–Crippen MR) is 73.8 cm³/mol. The van der Waals surface area contributed by atoms with Gasteiger partial charge in [0.1, 0.15) is 11.3 Å². The van der Waals surface area contributed by atoms with Crippen LogP contribution in [0.1, 0.15) is 37.0 Å². The number of benzene rings is 1. The highest BCUT2D eigenvalue weighted by molar-refractivity contribution is 5.92. The van der Waals surface area contributed by atoms with E-state index in [1.54, 1.807) is 38.1 Å². The summed E-state index contributed by atoms with van der Waals surface area (Å²) in [7, 11) is 0. The van der Waals surface area contributed by atoms with E-state index in [2.05, 4.69) is 0 Å². The zero-order valence-electron chi connectivity index (χ0n) is 11.9. The molecular formula is C15H20O5. The van der Waals surface area contributed by atoms with Gasteiger partial charge >= 0.3 is 11.9 Å². The average molecular weight is 280 g/mol. The van der Waals surface area contributed by atoms with Crippen molar-refractivity contribution in [2.45, 2.75) is 26.7 Å². The van der Waals surface area contributed by atoms with Crippen molar-refractivity contribution in [1.29, 1.82) is 0 Å². The van der Waals surface area contributed by atoms with Gasteiger partial charge in [-0.05, 0) is 32.4 Å². The molecule has 0 N–H and O–H groups in total. The molecule has 0 amide bonds. The first-order valence-corrected chi connectivity index (χ1v) is 6.73. The maximum absolute atomic E-state index is 11.7. The van der Waals surface area contributed by atoms with Gasteiger partial charge in [0.15, 0.2) is 0 Å². The van der Waals surface area contributed by atoms with E-state index < -0.39 is 5.97 Å². The number of ether oxygens (including phenoxy) is 3. The Hall–Kier alpha value is -2.04. The largest absolute Gasteiger partial charge is 0.493 e. The van der Waals surface area contributed by atoms with Crippen LogP contribution in [0.5, 0.6) is 5.75 Å². The minimum absolute atomic E-state index is 0.241. The van der Waals surface area contributed by atoms with Crippen LogP contribution in [0.2, 0.25) is 0 Å². The summed E-state index contributed by atoms with van der Waals surface area (Å²) in [6.45, 7) is 4.56. The molecule has 0 unspecified atom stereocenters. The first-order valence-electron chi connectivity index (χ1n) is 6.73. The summed E-state index contributed by atoms with van der Waals surface area (Å²) in [6.07, 6.45) is 0.839. The number of hydrogen-bond donors (Lipinski definition) is 0. The molecule has 0 fully saturated rings. The van der Waals surface area contributed by atoms with E-state index in [-0.39, 0.29) is 5.97 Å². The second-order valence-corrected chi connectivity index (χ2v) is 3.97. The van der Waals surface area contributed by atoms with Crippen molar-refractivity contribution in [3.05, 3.63) is 29.8 Å². The summed E-state index contributed by atoms with van der Waals surface area (Å²) in [4.78, 5) is 22.9. The number of rotatable bonds is 8. The maximum Gasteiger partial charge on any atom is 0.341 e. The summed E-state index contributed by atoms with van der Waals surface area (Å²) < 4.78 is 15.3. The standard InChI is InChI=1S/C15H20O5/c1-3-18-14(16)10-7-11-20-13-9-6-5-8-12(13)15(17)19-4-2/h5-6,8-9H,3-4,7,10-11H2,1-2H3. The lowest BCUT2D eigenvalue weighted by atomic mass is 10.2. The second-order valence-electron chi connectivity index (χ2n) is 3.97. The normalized spacial score (nSPS) is 9.90. The molecule has 0 aliphatic heterocycles.